The Hall–Kier alpha value is -2.44. The molecule has 45 heavy (non-hydrogen) atoms. The minimum Gasteiger partial charge on any atom is -0.463 e. The van der Waals surface area contributed by atoms with E-state index in [1.807, 2.05) is 37.3 Å². The third kappa shape index (κ3) is 34.3. The number of rotatable bonds is 31. The van der Waals surface area contributed by atoms with E-state index < -0.39 is 12.2 Å². The van der Waals surface area contributed by atoms with Crippen molar-refractivity contribution in [1.29, 1.82) is 0 Å². The fourth-order valence-electron chi connectivity index (χ4n) is 4.61. The Bertz CT molecular complexity index is 825. The van der Waals surface area contributed by atoms with E-state index in [0.717, 1.165) is 44.9 Å². The molecule has 0 fully saturated rings. The summed E-state index contributed by atoms with van der Waals surface area (Å²) in [7, 11) is 0. The van der Waals surface area contributed by atoms with Crippen molar-refractivity contribution in [3.05, 3.63) is 60.8 Å². The van der Waals surface area contributed by atoms with Crippen LogP contribution in [-0.2, 0) is 19.1 Å². The molecule has 0 spiro atoms. The summed E-state index contributed by atoms with van der Waals surface area (Å²) in [6.07, 6.45) is 40.4. The minimum absolute atomic E-state index is 0.144. The van der Waals surface area contributed by atoms with Crippen LogP contribution in [0.4, 0.5) is 0 Å². The van der Waals surface area contributed by atoms with Gasteiger partial charge in [0.15, 0.2) is 0 Å². The topological polar surface area (TPSA) is 93.1 Å². The Morgan fingerprint density at radius 3 is 1.64 bits per heavy atom. The number of allylic oxidation sites excluding steroid dienone is 8. The fraction of sp³-hybridized carbons (Fsp3) is 0.692. The molecule has 0 radical (unpaired) electrons. The number of ether oxygens (including phenoxy) is 2. The van der Waals surface area contributed by atoms with Gasteiger partial charge in [-0.15, -0.1) is 0 Å². The van der Waals surface area contributed by atoms with Crippen LogP contribution in [0, 0.1) is 0 Å². The zero-order valence-corrected chi connectivity index (χ0v) is 28.7. The maximum atomic E-state index is 11.9. The summed E-state index contributed by atoms with van der Waals surface area (Å²) in [5.74, 6) is -0.657. The van der Waals surface area contributed by atoms with E-state index in [0.29, 0.717) is 19.3 Å². The van der Waals surface area contributed by atoms with Crippen molar-refractivity contribution in [2.45, 2.75) is 161 Å². The van der Waals surface area contributed by atoms with Crippen molar-refractivity contribution in [3.8, 4) is 0 Å². The molecular formula is C39H66O6. The lowest BCUT2D eigenvalue weighted by atomic mass is 10.0. The van der Waals surface area contributed by atoms with Gasteiger partial charge in [0.2, 0.25) is 0 Å². The van der Waals surface area contributed by atoms with Gasteiger partial charge >= 0.3 is 11.9 Å². The molecule has 0 rings (SSSR count). The van der Waals surface area contributed by atoms with Gasteiger partial charge in [-0.2, -0.15) is 0 Å². The summed E-state index contributed by atoms with van der Waals surface area (Å²) in [6, 6.07) is 0. The van der Waals surface area contributed by atoms with Crippen LogP contribution >= 0.6 is 0 Å². The summed E-state index contributed by atoms with van der Waals surface area (Å²) in [6.45, 7) is 4.00. The first-order valence-corrected chi connectivity index (χ1v) is 17.9. The minimum atomic E-state index is -0.997. The highest BCUT2D eigenvalue weighted by Gasteiger charge is 2.12. The van der Waals surface area contributed by atoms with Crippen LogP contribution in [0.15, 0.2) is 60.8 Å². The van der Waals surface area contributed by atoms with E-state index in [-0.39, 0.29) is 31.6 Å². The van der Waals surface area contributed by atoms with Crippen LogP contribution in [0.25, 0.3) is 0 Å². The molecule has 0 heterocycles. The van der Waals surface area contributed by atoms with Gasteiger partial charge < -0.3 is 19.7 Å². The van der Waals surface area contributed by atoms with Crippen molar-refractivity contribution in [2.75, 3.05) is 13.2 Å². The average Bonchev–Trinajstić information content (AvgIpc) is 3.04. The predicted molar refractivity (Wildman–Crippen MR) is 188 cm³/mol. The molecule has 0 aliphatic heterocycles. The molecule has 0 aromatic heterocycles. The molecule has 6 nitrogen and oxygen atoms in total. The van der Waals surface area contributed by atoms with E-state index >= 15 is 0 Å². The molecule has 2 N–H and O–H groups in total. The summed E-state index contributed by atoms with van der Waals surface area (Å²) in [5, 5.41) is 19.7. The predicted octanol–water partition coefficient (Wildman–Crippen LogP) is 9.81. The quantitative estimate of drug-likeness (QED) is 0.0343. The molecule has 0 aromatic carbocycles. The standard InChI is InChI=1S/C39H66O6/c1-3-5-7-8-9-10-11-12-16-19-22-25-28-32-38(42)44-34-37(41)35-45-39(43)33-29-26-23-20-17-14-13-15-18-21-24-27-31-36(40)30-6-4-2/h6,13-14,18,20-21,23-24,27,30,36-37,40-41H,3-5,7-12,15-17,19,22,25-26,28-29,31-35H2,1-2H3/b14-13-,21-18-,23-20-,27-24+,30-6-/t36?,37-/m1/s1. The Morgan fingerprint density at radius 2 is 1.07 bits per heavy atom. The van der Waals surface area contributed by atoms with Gasteiger partial charge in [-0.05, 0) is 44.9 Å². The number of aliphatic hydroxyl groups excluding tert-OH is 2. The van der Waals surface area contributed by atoms with Crippen LogP contribution in [0.2, 0.25) is 0 Å². The van der Waals surface area contributed by atoms with E-state index in [2.05, 4.69) is 37.3 Å². The monoisotopic (exact) mass is 630 g/mol. The third-order valence-electron chi connectivity index (χ3n) is 7.34. The van der Waals surface area contributed by atoms with Gasteiger partial charge in [0.05, 0.1) is 6.10 Å². The second-order valence-corrected chi connectivity index (χ2v) is 11.8. The van der Waals surface area contributed by atoms with Gasteiger partial charge in [-0.1, -0.05) is 152 Å². The lowest BCUT2D eigenvalue weighted by Crippen LogP contribution is -2.25. The molecular weight excluding hydrogens is 564 g/mol. The van der Waals surface area contributed by atoms with Gasteiger partial charge in [-0.25, -0.2) is 0 Å². The number of unbranched alkanes of at least 4 members (excludes halogenated alkanes) is 13. The number of aliphatic hydroxyl groups is 2. The van der Waals surface area contributed by atoms with Crippen molar-refractivity contribution >= 4 is 11.9 Å². The van der Waals surface area contributed by atoms with E-state index in [4.69, 9.17) is 9.47 Å². The number of carbonyl (C=O) groups is 2. The van der Waals surface area contributed by atoms with Gasteiger partial charge in [0, 0.05) is 12.8 Å². The van der Waals surface area contributed by atoms with Crippen LogP contribution < -0.4 is 0 Å². The number of esters is 2. The maximum absolute atomic E-state index is 11.9. The van der Waals surface area contributed by atoms with E-state index in [1.165, 1.54) is 64.2 Å². The number of carbonyl (C=O) groups excluding carboxylic acids is 2. The Morgan fingerprint density at radius 1 is 0.578 bits per heavy atom. The highest BCUT2D eigenvalue weighted by Crippen LogP contribution is 2.13. The third-order valence-corrected chi connectivity index (χ3v) is 7.34. The van der Waals surface area contributed by atoms with Crippen molar-refractivity contribution in [1.82, 2.24) is 0 Å². The van der Waals surface area contributed by atoms with Crippen molar-refractivity contribution in [3.63, 3.8) is 0 Å². The molecule has 258 valence electrons. The highest BCUT2D eigenvalue weighted by molar-refractivity contribution is 5.69. The van der Waals surface area contributed by atoms with Crippen LogP contribution in [-0.4, -0.2) is 47.6 Å². The maximum Gasteiger partial charge on any atom is 0.305 e. The van der Waals surface area contributed by atoms with Gasteiger partial charge in [-0.3, -0.25) is 9.59 Å². The molecule has 0 amide bonds. The second kappa shape index (κ2) is 34.4. The molecule has 0 aromatic rings. The molecule has 0 saturated heterocycles. The van der Waals surface area contributed by atoms with Crippen molar-refractivity contribution < 1.29 is 29.3 Å². The first-order chi connectivity index (χ1) is 22.0. The molecule has 0 aliphatic rings. The molecule has 0 saturated carbocycles. The number of hydrogen-bond donors (Lipinski definition) is 2. The summed E-state index contributed by atoms with van der Waals surface area (Å²) >= 11 is 0. The zero-order valence-electron chi connectivity index (χ0n) is 28.7. The summed E-state index contributed by atoms with van der Waals surface area (Å²) in [5.41, 5.74) is 0. The van der Waals surface area contributed by atoms with Gasteiger partial charge in [0.25, 0.3) is 0 Å². The van der Waals surface area contributed by atoms with E-state index in [9.17, 15) is 19.8 Å². The molecule has 0 bridgehead atoms. The Kier molecular flexibility index (Phi) is 32.6. The van der Waals surface area contributed by atoms with E-state index in [1.54, 1.807) is 0 Å². The SMILES string of the molecule is CC/C=C\C(O)C/C=C/C=C\C/C=C\C/C=C\CCCC(=O)OC[C@H](O)COC(=O)CCCCCCCCCCCCCCC. The second-order valence-electron chi connectivity index (χ2n) is 11.8. The first kappa shape index (κ1) is 42.6. The number of hydrogen-bond acceptors (Lipinski definition) is 6. The molecule has 1 unspecified atom stereocenters. The lowest BCUT2D eigenvalue weighted by molar-refractivity contribution is -0.152. The Balaban J connectivity index is 3.61. The summed E-state index contributed by atoms with van der Waals surface area (Å²) in [4.78, 5) is 23.8. The lowest BCUT2D eigenvalue weighted by Gasteiger charge is -2.12. The normalized spacial score (nSPS) is 13.6. The largest absolute Gasteiger partial charge is 0.463 e. The molecule has 2 atom stereocenters. The highest BCUT2D eigenvalue weighted by atomic mass is 16.6. The van der Waals surface area contributed by atoms with Crippen LogP contribution in [0.5, 0.6) is 0 Å². The Labute approximate surface area is 275 Å². The zero-order chi connectivity index (χ0) is 33.1. The summed E-state index contributed by atoms with van der Waals surface area (Å²) < 4.78 is 10.2. The average molecular weight is 631 g/mol. The molecule has 0 aliphatic carbocycles. The van der Waals surface area contributed by atoms with Crippen LogP contribution in [0.3, 0.4) is 0 Å². The van der Waals surface area contributed by atoms with Crippen LogP contribution in [0.1, 0.15) is 149 Å². The first-order valence-electron chi connectivity index (χ1n) is 17.9. The molecule has 6 heteroatoms. The smallest absolute Gasteiger partial charge is 0.305 e. The fourth-order valence-corrected chi connectivity index (χ4v) is 4.61. The van der Waals surface area contributed by atoms with Gasteiger partial charge in [0.1, 0.15) is 19.3 Å². The van der Waals surface area contributed by atoms with Crippen molar-refractivity contribution in [2.24, 2.45) is 0 Å².